The molecule has 5 heterocycles. The van der Waals surface area contributed by atoms with Crippen molar-refractivity contribution in [3.63, 3.8) is 0 Å². The summed E-state index contributed by atoms with van der Waals surface area (Å²) in [6.07, 6.45) is 10.0. The number of Topliss-reactive ketones (excluding diaryl/α,β-unsaturated/α-hetero) is 1. The lowest BCUT2D eigenvalue weighted by Gasteiger charge is -2.45. The maximum absolute atomic E-state index is 11.9. The van der Waals surface area contributed by atoms with Crippen molar-refractivity contribution in [1.82, 2.24) is 39.7 Å². The lowest BCUT2D eigenvalue weighted by Crippen LogP contribution is -2.58. The summed E-state index contributed by atoms with van der Waals surface area (Å²) in [5.74, 6) is 4.06. The smallest absolute Gasteiger partial charge is 0.222 e. The second-order valence-electron chi connectivity index (χ2n) is 22.9. The van der Waals surface area contributed by atoms with Crippen molar-refractivity contribution >= 4 is 34.8 Å². The Bertz CT molecular complexity index is 1730. The number of piperazine rings is 3. The van der Waals surface area contributed by atoms with E-state index in [1.165, 1.54) is 76.2 Å². The molecule has 4 aliphatic heterocycles. The number of carbonyl (C=O) groups is 4. The van der Waals surface area contributed by atoms with Crippen molar-refractivity contribution in [3.05, 3.63) is 40.7 Å². The molecule has 4 saturated heterocycles. The third-order valence-electron chi connectivity index (χ3n) is 13.2. The van der Waals surface area contributed by atoms with Crippen LogP contribution >= 0.6 is 11.3 Å². The van der Waals surface area contributed by atoms with Gasteiger partial charge >= 0.3 is 0 Å². The van der Waals surface area contributed by atoms with E-state index >= 15 is 0 Å². The molecule has 1 aromatic carbocycles. The van der Waals surface area contributed by atoms with Gasteiger partial charge in [-0.25, -0.2) is 4.98 Å². The van der Waals surface area contributed by atoms with Gasteiger partial charge < -0.3 is 29.8 Å². The molecule has 1 aromatic heterocycles. The van der Waals surface area contributed by atoms with Crippen LogP contribution in [0.15, 0.2) is 35.7 Å². The van der Waals surface area contributed by atoms with Gasteiger partial charge in [0.15, 0.2) is 10.8 Å². The highest BCUT2D eigenvalue weighted by Crippen LogP contribution is 2.24. The first-order chi connectivity index (χ1) is 33.1. The maximum atomic E-state index is 11.9. The summed E-state index contributed by atoms with van der Waals surface area (Å²) in [7, 11) is 4.23. The number of nitrogens with zero attached hydrogens (tertiary/aromatic N) is 7. The molecule has 3 amide bonds. The van der Waals surface area contributed by atoms with Crippen molar-refractivity contribution < 1.29 is 19.2 Å². The Labute approximate surface area is 432 Å². The zero-order chi connectivity index (χ0) is 52.2. The third-order valence-corrected chi connectivity index (χ3v) is 14.1. The molecule has 2 aromatic rings. The summed E-state index contributed by atoms with van der Waals surface area (Å²) in [5, 5.41) is 5.93. The van der Waals surface area contributed by atoms with Gasteiger partial charge in [0.2, 0.25) is 17.7 Å². The summed E-state index contributed by atoms with van der Waals surface area (Å²) >= 11 is 1.43. The molecule has 4 aliphatic rings. The molecule has 4 fully saturated rings. The van der Waals surface area contributed by atoms with Crippen molar-refractivity contribution in [1.29, 1.82) is 0 Å². The van der Waals surface area contributed by atoms with E-state index in [2.05, 4.69) is 108 Å². The van der Waals surface area contributed by atoms with Gasteiger partial charge in [-0.15, -0.1) is 11.3 Å². The molecule has 6 rings (SSSR count). The zero-order valence-corrected chi connectivity index (χ0v) is 47.8. The number of benzene rings is 1. The second kappa shape index (κ2) is 34.2. The Morgan fingerprint density at radius 2 is 1.14 bits per heavy atom. The average molecular weight is 996 g/mol. The number of ketones is 1. The van der Waals surface area contributed by atoms with Gasteiger partial charge in [0, 0.05) is 127 Å². The lowest BCUT2D eigenvalue weighted by atomic mass is 9.99. The van der Waals surface area contributed by atoms with Crippen LogP contribution in [0.5, 0.6) is 0 Å². The molecule has 0 bridgehead atoms. The predicted octanol–water partition coefficient (Wildman–Crippen LogP) is 10.2. The van der Waals surface area contributed by atoms with Gasteiger partial charge in [-0.1, -0.05) is 106 Å². The van der Waals surface area contributed by atoms with Crippen LogP contribution in [0.4, 0.5) is 0 Å². The minimum atomic E-state index is 0.116. The highest BCUT2D eigenvalue weighted by Gasteiger charge is 2.33. The normalized spacial score (nSPS) is 17.8. The number of thiazole rings is 1. The van der Waals surface area contributed by atoms with Gasteiger partial charge in [-0.2, -0.15) is 0 Å². The average Bonchev–Trinajstić information content (AvgIpc) is 3.82. The molecule has 70 heavy (non-hydrogen) atoms. The predicted molar refractivity (Wildman–Crippen MR) is 295 cm³/mol. The van der Waals surface area contributed by atoms with Crippen LogP contribution in [0.3, 0.4) is 0 Å². The Morgan fingerprint density at radius 1 is 0.614 bits per heavy atom. The molecule has 0 saturated carbocycles. The largest absolute Gasteiger partial charge is 0.343 e. The molecule has 0 aliphatic carbocycles. The van der Waals surface area contributed by atoms with Crippen LogP contribution in [0.1, 0.15) is 157 Å². The molecule has 400 valence electrons. The highest BCUT2D eigenvalue weighted by molar-refractivity contribution is 7.12. The molecule has 0 unspecified atom stereocenters. The lowest BCUT2D eigenvalue weighted by molar-refractivity contribution is -0.136. The van der Waals surface area contributed by atoms with Crippen LogP contribution in [-0.4, -0.2) is 169 Å². The van der Waals surface area contributed by atoms with Crippen LogP contribution in [0.2, 0.25) is 0 Å². The molecule has 0 spiro atoms. The first-order valence-corrected chi connectivity index (χ1v) is 28.2. The van der Waals surface area contributed by atoms with E-state index in [0.29, 0.717) is 59.7 Å². The van der Waals surface area contributed by atoms with E-state index in [4.69, 9.17) is 0 Å². The maximum Gasteiger partial charge on any atom is 0.222 e. The molecule has 13 heteroatoms. The van der Waals surface area contributed by atoms with Gasteiger partial charge in [0.1, 0.15) is 0 Å². The van der Waals surface area contributed by atoms with Gasteiger partial charge in [-0.05, 0) is 96.2 Å². The van der Waals surface area contributed by atoms with Crippen molar-refractivity contribution in [2.75, 3.05) is 106 Å². The third kappa shape index (κ3) is 27.0. The summed E-state index contributed by atoms with van der Waals surface area (Å²) in [6, 6.07) is 9.94. The molecule has 0 radical (unpaired) electrons. The number of hydrogen-bond donors (Lipinski definition) is 1. The van der Waals surface area contributed by atoms with Crippen LogP contribution < -0.4 is 5.32 Å². The highest BCUT2D eigenvalue weighted by atomic mass is 32.1. The number of hydrogen-bond acceptors (Lipinski definition) is 10. The SMILES string of the molecule is CC(C)CC(=O)N1CCN(C)C(C)(C)C1.CC(C)CC(=O)N1CCN(C)CC1.CC(C)CC(=O)c1nc(-c2ccccc2)cs1.CC(C)CCCC(=O)N1CCCCC1.CC(C)CCN1CCNCC1. The van der Waals surface area contributed by atoms with Crippen molar-refractivity contribution in [2.24, 2.45) is 29.6 Å². The second-order valence-corrected chi connectivity index (χ2v) is 23.7. The fourth-order valence-corrected chi connectivity index (χ4v) is 9.18. The van der Waals surface area contributed by atoms with Crippen LogP contribution in [0, 0.1) is 29.6 Å². The minimum absolute atomic E-state index is 0.116. The molecular weight excluding hydrogens is 893 g/mol. The standard InChI is InChI=1S/C14H15NOS.C12H24N2O.C12H23NO.C10H20N2O.C9H20N2/c1-10(2)8-13(16)14-15-12(9-17-14)11-6-4-3-5-7-11;1-10(2)8-11(15)14-7-6-13(5)12(3,4)9-14;1-11(2)7-6-8-12(14)13-9-4-3-5-10-13;1-9(2)8-10(13)12-6-4-11(3)5-7-12;1-9(2)3-6-11-7-4-10-5-8-11/h3-7,9-10H,8H2,1-2H3;10H,6-9H2,1-5H3;11H,3-10H2,1-2H3;9H,4-8H2,1-3H3;9-10H,3-8H2,1-2H3. The molecular formula is C57H102N8O4S. The molecule has 1 N–H and O–H groups in total. The fraction of sp³-hybridized carbons (Fsp3) is 0.772. The number of piperidine rings is 1. The number of aromatic nitrogens is 1. The van der Waals surface area contributed by atoms with E-state index in [-0.39, 0.29) is 11.3 Å². The first kappa shape index (κ1) is 62.9. The van der Waals surface area contributed by atoms with E-state index in [1.807, 2.05) is 64.3 Å². The topological polar surface area (TPSA) is 113 Å². The van der Waals surface area contributed by atoms with E-state index in [0.717, 1.165) is 94.8 Å². The summed E-state index contributed by atoms with van der Waals surface area (Å²) < 4.78 is 0. The Kier molecular flexibility index (Phi) is 30.8. The Hall–Kier alpha value is -3.23. The van der Waals surface area contributed by atoms with E-state index < -0.39 is 0 Å². The van der Waals surface area contributed by atoms with E-state index in [9.17, 15) is 19.2 Å². The number of amides is 3. The molecule has 12 nitrogen and oxygen atoms in total. The van der Waals surface area contributed by atoms with Crippen LogP contribution in [0.25, 0.3) is 11.3 Å². The Morgan fingerprint density at radius 3 is 1.67 bits per heavy atom. The van der Waals surface area contributed by atoms with Crippen molar-refractivity contribution in [2.45, 2.75) is 153 Å². The summed E-state index contributed by atoms with van der Waals surface area (Å²) in [6.45, 7) is 40.6. The van der Waals surface area contributed by atoms with Gasteiger partial charge in [0.25, 0.3) is 0 Å². The minimum Gasteiger partial charge on any atom is -0.343 e. The summed E-state index contributed by atoms with van der Waals surface area (Å²) in [4.78, 5) is 64.7. The number of likely N-dealkylation sites (tertiary alicyclic amines) is 1. The van der Waals surface area contributed by atoms with Crippen molar-refractivity contribution in [3.8, 4) is 11.3 Å². The monoisotopic (exact) mass is 995 g/mol. The number of rotatable bonds is 15. The fourth-order valence-electron chi connectivity index (χ4n) is 8.41. The number of nitrogens with one attached hydrogen (secondary N) is 1. The van der Waals surface area contributed by atoms with Gasteiger partial charge in [-0.3, -0.25) is 24.1 Å². The molecule has 0 atom stereocenters. The first-order valence-electron chi connectivity index (χ1n) is 27.3. The van der Waals surface area contributed by atoms with Gasteiger partial charge in [0.05, 0.1) is 5.69 Å². The van der Waals surface area contributed by atoms with E-state index in [1.54, 1.807) is 0 Å². The zero-order valence-electron chi connectivity index (χ0n) is 47.0. The number of carbonyl (C=O) groups excluding carboxylic acids is 4. The summed E-state index contributed by atoms with van der Waals surface area (Å²) in [5.41, 5.74) is 2.07. The number of likely N-dealkylation sites (N-methyl/N-ethyl adjacent to an activating group) is 2. The van der Waals surface area contributed by atoms with Crippen LogP contribution in [-0.2, 0) is 14.4 Å². The quantitative estimate of drug-likeness (QED) is 0.174. The Balaban J connectivity index is 0.000000302.